The maximum Gasteiger partial charge on any atom is 0.180 e. The van der Waals surface area contributed by atoms with Gasteiger partial charge >= 0.3 is 0 Å². The predicted molar refractivity (Wildman–Crippen MR) is 129 cm³/mol. The first-order valence-corrected chi connectivity index (χ1v) is 14.1. The molecule has 0 aromatic heterocycles. The molecule has 0 saturated heterocycles. The summed E-state index contributed by atoms with van der Waals surface area (Å²) < 4.78 is 26.4. The molecule has 0 aliphatic rings. The second kappa shape index (κ2) is 10.1. The minimum Gasteiger partial charge on any atom is -0.507 e. The summed E-state index contributed by atoms with van der Waals surface area (Å²) in [7, 11) is -0.171. The molecule has 0 spiro atoms. The van der Waals surface area contributed by atoms with Crippen molar-refractivity contribution in [3.8, 4) is 11.5 Å². The Morgan fingerprint density at radius 2 is 1.90 bits per heavy atom. The van der Waals surface area contributed by atoms with Gasteiger partial charge in [0.2, 0.25) is 0 Å². The summed E-state index contributed by atoms with van der Waals surface area (Å²) in [6, 6.07) is 17.8. The Labute approximate surface area is 190 Å². The standard InChI is InChI=1S/C21H17FIO3PS2/c1-13-2-11-18(24)19(12-13)28-21(15-3-7-16(22)8-4-15)20(25)14-5-9-17(10-6-14)26-29(23)27/h2-12,21,24,27H,1H3/i27T. The highest BCUT2D eigenvalue weighted by Crippen LogP contribution is 2.42. The summed E-state index contributed by atoms with van der Waals surface area (Å²) in [4.78, 5) is 13.9. The summed E-state index contributed by atoms with van der Waals surface area (Å²) >= 11 is 3.28. The average Bonchev–Trinajstić information content (AvgIpc) is 2.75. The van der Waals surface area contributed by atoms with Crippen LogP contribution in [0.25, 0.3) is 0 Å². The molecule has 3 aromatic rings. The first-order valence-electron chi connectivity index (χ1n) is 8.92. The van der Waals surface area contributed by atoms with E-state index < -0.39 is 12.8 Å². The summed E-state index contributed by atoms with van der Waals surface area (Å²) in [6.45, 7) is 1.91. The Morgan fingerprint density at radius 3 is 2.55 bits per heavy atom. The van der Waals surface area contributed by atoms with Gasteiger partial charge in [-0.05, 0) is 74.5 Å². The normalized spacial score (nSPS) is 13.6. The number of aromatic hydroxyl groups is 1. The topological polar surface area (TPSA) is 46.5 Å². The highest BCUT2D eigenvalue weighted by atomic mass is 127. The third kappa shape index (κ3) is 6.04. The zero-order valence-electron chi connectivity index (χ0n) is 16.2. The first-order chi connectivity index (χ1) is 14.4. The molecule has 150 valence electrons. The number of ketones is 1. The van der Waals surface area contributed by atoms with Crippen LogP contribution in [0.2, 0.25) is 0 Å². The molecule has 3 nitrogen and oxygen atoms in total. The zero-order valence-corrected chi connectivity index (χ0v) is 19.9. The number of benzene rings is 3. The van der Waals surface area contributed by atoms with Gasteiger partial charge in [0.05, 0.1) is 17.7 Å². The zero-order chi connectivity index (χ0) is 21.7. The molecular weight excluding hydrogens is 541 g/mol. The van der Waals surface area contributed by atoms with Crippen molar-refractivity contribution in [1.82, 2.24) is 0 Å². The van der Waals surface area contributed by atoms with E-state index in [0.717, 1.165) is 5.56 Å². The lowest BCUT2D eigenvalue weighted by Crippen LogP contribution is -2.10. The largest absolute Gasteiger partial charge is 0.507 e. The highest BCUT2D eigenvalue weighted by Gasteiger charge is 2.25. The van der Waals surface area contributed by atoms with E-state index in [2.05, 4.69) is 21.2 Å². The van der Waals surface area contributed by atoms with Gasteiger partial charge in [-0.3, -0.25) is 4.79 Å². The smallest absolute Gasteiger partial charge is 0.180 e. The lowest BCUT2D eigenvalue weighted by molar-refractivity contribution is 0.0989. The second-order valence-electron chi connectivity index (χ2n) is 6.20. The molecule has 0 aliphatic heterocycles. The molecule has 0 heterocycles. The summed E-state index contributed by atoms with van der Waals surface area (Å²) in [5.74, 6) is 0.146. The number of halogens is 2. The van der Waals surface area contributed by atoms with Crippen LogP contribution < -0.4 is 4.18 Å². The molecule has 3 rings (SSSR count). The first kappa shape index (κ1) is 20.8. The van der Waals surface area contributed by atoms with Crippen LogP contribution in [0.1, 0.15) is 26.7 Å². The number of phenols is 1. The van der Waals surface area contributed by atoms with Gasteiger partial charge in [-0.15, -0.1) is 11.8 Å². The number of hydrogen-bond donors (Lipinski definition) is 1. The molecule has 0 bridgehead atoms. The molecule has 0 amide bonds. The van der Waals surface area contributed by atoms with Gasteiger partial charge in [-0.2, -0.15) is 0 Å². The van der Waals surface area contributed by atoms with E-state index in [-0.39, 0.29) is 17.3 Å². The van der Waals surface area contributed by atoms with Crippen molar-refractivity contribution in [3.05, 3.63) is 89.2 Å². The minimum atomic E-state index is -0.656. The van der Waals surface area contributed by atoms with Gasteiger partial charge < -0.3 is 9.29 Å². The summed E-state index contributed by atoms with van der Waals surface area (Å²) in [6.07, 6.45) is 0. The second-order valence-corrected chi connectivity index (χ2v) is 13.4. The number of rotatable bonds is 7. The molecule has 0 aliphatic carbocycles. The van der Waals surface area contributed by atoms with Crippen molar-refractivity contribution < 1.29 is 18.5 Å². The van der Waals surface area contributed by atoms with Crippen molar-refractivity contribution in [2.45, 2.75) is 17.1 Å². The summed E-state index contributed by atoms with van der Waals surface area (Å²) in [5.41, 5.74) is 2.09. The van der Waals surface area contributed by atoms with Gasteiger partial charge in [0.15, 0.2) is 5.78 Å². The van der Waals surface area contributed by atoms with E-state index in [1.807, 2.05) is 13.0 Å². The van der Waals surface area contributed by atoms with Gasteiger partial charge in [0.1, 0.15) is 18.6 Å². The molecule has 3 aromatic carbocycles. The van der Waals surface area contributed by atoms with E-state index >= 15 is 0 Å². The van der Waals surface area contributed by atoms with Crippen LogP contribution in [0.5, 0.6) is 11.5 Å². The molecule has 2 atom stereocenters. The Morgan fingerprint density at radius 1 is 1.21 bits per heavy atom. The van der Waals surface area contributed by atoms with Crippen molar-refractivity contribution in [1.29, 1.82) is 1.28 Å². The average molecular weight is 560 g/mol. The molecule has 2 unspecified atom stereocenters. The van der Waals surface area contributed by atoms with Crippen molar-refractivity contribution >= 4 is 54.2 Å². The number of hydrogen-bond acceptors (Lipinski definition) is 4. The van der Waals surface area contributed by atoms with Crippen molar-refractivity contribution in [2.24, 2.45) is 0 Å². The highest BCUT2D eigenvalue weighted by molar-refractivity contribution is 14.2. The van der Waals surface area contributed by atoms with Crippen LogP contribution in [0.15, 0.2) is 71.6 Å². The van der Waals surface area contributed by atoms with Gasteiger partial charge in [0.25, 0.3) is 0 Å². The lowest BCUT2D eigenvalue weighted by atomic mass is 10.0. The van der Waals surface area contributed by atoms with Crippen LogP contribution >= 0.6 is 40.9 Å². The Kier molecular flexibility index (Phi) is 7.24. The SMILES string of the molecule is [3H]P=S(I)Oc1ccc(C(=O)C(Sc2cc(C)ccc2O)c2ccc(F)cc2)cc1. The fourth-order valence-electron chi connectivity index (χ4n) is 2.66. The third-order valence-electron chi connectivity index (χ3n) is 4.07. The molecule has 0 fully saturated rings. The molecular formula is C21H17FIO3PS2. The van der Waals surface area contributed by atoms with Crippen molar-refractivity contribution in [2.75, 3.05) is 0 Å². The van der Waals surface area contributed by atoms with Crippen LogP contribution in [-0.4, -0.2) is 12.2 Å². The molecule has 0 saturated carbocycles. The number of carbonyl (C=O) groups excluding carboxylic acids is 1. The van der Waals surface area contributed by atoms with Crippen LogP contribution in [0, 0.1) is 12.7 Å². The summed E-state index contributed by atoms with van der Waals surface area (Å²) in [5, 5.41) is 9.59. The fraction of sp³-hybridized carbons (Fsp3) is 0.0952. The lowest BCUT2D eigenvalue weighted by Gasteiger charge is -2.17. The molecule has 8 heteroatoms. The minimum absolute atomic E-state index is 0.0953. The number of aryl methyl sites for hydroxylation is 1. The van der Waals surface area contributed by atoms with E-state index in [0.29, 0.717) is 29.7 Å². The maximum atomic E-state index is 13.4. The van der Waals surface area contributed by atoms with Gasteiger partial charge in [-0.25, -0.2) is 4.39 Å². The molecule has 1 N–H and O–H groups in total. The van der Waals surface area contributed by atoms with Crippen LogP contribution in [0.3, 0.4) is 0 Å². The van der Waals surface area contributed by atoms with E-state index in [4.69, 9.17) is 5.46 Å². The van der Waals surface area contributed by atoms with E-state index in [1.54, 1.807) is 48.5 Å². The van der Waals surface area contributed by atoms with E-state index in [1.165, 1.54) is 23.9 Å². The fourth-order valence-corrected chi connectivity index (χ4v) is 5.04. The quantitative estimate of drug-likeness (QED) is 0.148. The van der Waals surface area contributed by atoms with Crippen molar-refractivity contribution in [3.63, 3.8) is 0 Å². The molecule has 29 heavy (non-hydrogen) atoms. The Hall–Kier alpha value is -1.41. The third-order valence-corrected chi connectivity index (χ3v) is 6.47. The number of phenolic OH excluding ortho intramolecular Hbond substituents is 1. The number of carbonyl (C=O) groups is 1. The Bertz CT molecular complexity index is 1080. The predicted octanol–water partition coefficient (Wildman–Crippen LogP) is 6.88. The van der Waals surface area contributed by atoms with E-state index in [9.17, 15) is 14.3 Å². The van der Waals surface area contributed by atoms with Gasteiger partial charge in [0, 0.05) is 26.8 Å². The van der Waals surface area contributed by atoms with Crippen LogP contribution in [-0.2, 0) is 7.53 Å². The Balaban J connectivity index is 1.94. The monoisotopic (exact) mass is 560 g/mol. The van der Waals surface area contributed by atoms with Crippen LogP contribution in [0.4, 0.5) is 4.39 Å². The number of Topliss-reactive ketones (excluding diaryl/α,β-unsaturated/α-hetero) is 1. The maximum absolute atomic E-state index is 13.4. The molecule has 0 radical (unpaired) electrons. The van der Waals surface area contributed by atoms with Gasteiger partial charge in [-0.1, -0.05) is 18.2 Å². The number of thioether (sulfide) groups is 1.